The second-order valence-corrected chi connectivity index (χ2v) is 4.02. The molecule has 1 heterocycles. The second kappa shape index (κ2) is 4.87. The first kappa shape index (κ1) is 11.5. The lowest BCUT2D eigenvalue weighted by Crippen LogP contribution is -1.90. The summed E-state index contributed by atoms with van der Waals surface area (Å²) in [6, 6.07) is 8.49. The van der Waals surface area contributed by atoms with Gasteiger partial charge < -0.3 is 10.1 Å². The summed E-state index contributed by atoms with van der Waals surface area (Å²) in [5.74, 6) is -0.833. The lowest BCUT2D eigenvalue weighted by Gasteiger charge is -2.03. The number of hydrogen-bond acceptors (Lipinski definition) is 1. The van der Waals surface area contributed by atoms with Crippen molar-refractivity contribution in [2.24, 2.45) is 0 Å². The Balaban J connectivity index is 0.000000239. The normalized spacial score (nSPS) is 12.8. The van der Waals surface area contributed by atoms with Crippen LogP contribution in [0.1, 0.15) is 24.6 Å². The van der Waals surface area contributed by atoms with Gasteiger partial charge in [0.25, 0.3) is 5.97 Å². The highest BCUT2D eigenvalue weighted by Gasteiger charge is 2.09. The smallest absolute Gasteiger partial charge is 0.300 e. The minimum atomic E-state index is -0.833. The number of nitrogens with one attached hydrogen (secondary N) is 1. The Morgan fingerprint density at radius 3 is 2.82 bits per heavy atom. The fourth-order valence-electron chi connectivity index (χ4n) is 2.04. The van der Waals surface area contributed by atoms with Gasteiger partial charge in [0.15, 0.2) is 0 Å². The molecular formula is C14H15NO2. The number of aryl methyl sites for hydroxylation is 1. The molecule has 1 aliphatic carbocycles. The molecule has 2 N–H and O–H groups in total. The monoisotopic (exact) mass is 229 g/mol. The Morgan fingerprint density at radius 2 is 2.06 bits per heavy atom. The molecule has 0 saturated carbocycles. The molecule has 0 amide bonds. The number of para-hydroxylation sites is 1. The van der Waals surface area contributed by atoms with Crippen LogP contribution in [-0.4, -0.2) is 16.1 Å². The van der Waals surface area contributed by atoms with Gasteiger partial charge in [-0.2, -0.15) is 0 Å². The molecule has 1 aliphatic rings. The number of hydrogen-bond donors (Lipinski definition) is 2. The first-order valence-electron chi connectivity index (χ1n) is 5.64. The van der Waals surface area contributed by atoms with E-state index in [0.717, 1.165) is 13.3 Å². The number of fused-ring (bicyclic) bond motifs is 3. The number of aromatic nitrogens is 1. The van der Waals surface area contributed by atoms with Crippen molar-refractivity contribution in [3.05, 3.63) is 41.6 Å². The Morgan fingerprint density at radius 1 is 1.35 bits per heavy atom. The number of aromatic amines is 1. The van der Waals surface area contributed by atoms with Crippen molar-refractivity contribution in [3.8, 4) is 0 Å². The van der Waals surface area contributed by atoms with Gasteiger partial charge in [-0.05, 0) is 18.9 Å². The summed E-state index contributed by atoms with van der Waals surface area (Å²) in [6.07, 6.45) is 6.81. The van der Waals surface area contributed by atoms with Gasteiger partial charge in [0.05, 0.1) is 0 Å². The van der Waals surface area contributed by atoms with E-state index in [-0.39, 0.29) is 0 Å². The topological polar surface area (TPSA) is 53.1 Å². The maximum Gasteiger partial charge on any atom is 0.300 e. The molecule has 3 nitrogen and oxygen atoms in total. The number of carboxylic acid groups (broad SMARTS) is 1. The number of allylic oxidation sites excluding steroid dienone is 1. The lowest BCUT2D eigenvalue weighted by atomic mass is 10.0. The zero-order valence-electron chi connectivity index (χ0n) is 9.73. The molecule has 0 saturated heterocycles. The van der Waals surface area contributed by atoms with Gasteiger partial charge in [0.2, 0.25) is 0 Å². The molecule has 0 fully saturated rings. The molecule has 0 aliphatic heterocycles. The van der Waals surface area contributed by atoms with Crippen LogP contribution in [0.3, 0.4) is 0 Å². The van der Waals surface area contributed by atoms with E-state index >= 15 is 0 Å². The highest BCUT2D eigenvalue weighted by Crippen LogP contribution is 2.27. The number of rotatable bonds is 0. The number of carboxylic acids is 1. The third-order valence-electron chi connectivity index (χ3n) is 2.67. The van der Waals surface area contributed by atoms with E-state index in [1.807, 2.05) is 0 Å². The molecule has 2 aromatic rings. The van der Waals surface area contributed by atoms with Gasteiger partial charge in [-0.25, -0.2) is 0 Å². The van der Waals surface area contributed by atoms with Crippen molar-refractivity contribution in [2.45, 2.75) is 19.8 Å². The summed E-state index contributed by atoms with van der Waals surface area (Å²) < 4.78 is 0. The predicted molar refractivity (Wildman–Crippen MR) is 69.0 cm³/mol. The van der Waals surface area contributed by atoms with Crippen LogP contribution in [-0.2, 0) is 11.2 Å². The SMILES string of the molecule is C1=Cc2c([nH]c3ccccc23)CC1.CC(=O)O. The Bertz CT molecular complexity index is 563. The molecule has 3 rings (SSSR count). The van der Waals surface area contributed by atoms with E-state index in [0.29, 0.717) is 0 Å². The summed E-state index contributed by atoms with van der Waals surface area (Å²) in [4.78, 5) is 12.5. The first-order valence-corrected chi connectivity index (χ1v) is 5.64. The maximum atomic E-state index is 9.00. The Hall–Kier alpha value is -2.03. The highest BCUT2D eigenvalue weighted by molar-refractivity contribution is 5.90. The first-order chi connectivity index (χ1) is 8.18. The van der Waals surface area contributed by atoms with Crippen molar-refractivity contribution in [3.63, 3.8) is 0 Å². The average Bonchev–Trinajstić information content (AvgIpc) is 2.66. The van der Waals surface area contributed by atoms with Gasteiger partial charge in [-0.1, -0.05) is 30.4 Å². The van der Waals surface area contributed by atoms with Crippen LogP contribution < -0.4 is 0 Å². The largest absolute Gasteiger partial charge is 0.481 e. The van der Waals surface area contributed by atoms with Crippen molar-refractivity contribution in [1.29, 1.82) is 0 Å². The van der Waals surface area contributed by atoms with E-state index in [9.17, 15) is 0 Å². The Labute approximate surface area is 99.8 Å². The molecule has 0 spiro atoms. The second-order valence-electron chi connectivity index (χ2n) is 4.02. The third kappa shape index (κ3) is 2.56. The van der Waals surface area contributed by atoms with E-state index in [2.05, 4.69) is 41.4 Å². The summed E-state index contributed by atoms with van der Waals surface area (Å²) >= 11 is 0. The van der Waals surface area contributed by atoms with Gasteiger partial charge in [-0.15, -0.1) is 0 Å². The van der Waals surface area contributed by atoms with Gasteiger partial charge in [0.1, 0.15) is 0 Å². The van der Waals surface area contributed by atoms with Crippen LogP contribution in [0.2, 0.25) is 0 Å². The average molecular weight is 229 g/mol. The number of H-pyrrole nitrogens is 1. The maximum absolute atomic E-state index is 9.00. The molecule has 0 radical (unpaired) electrons. The predicted octanol–water partition coefficient (Wildman–Crippen LogP) is 3.22. The van der Waals surface area contributed by atoms with Gasteiger partial charge >= 0.3 is 0 Å². The van der Waals surface area contributed by atoms with Crippen molar-refractivity contribution in [1.82, 2.24) is 4.98 Å². The van der Waals surface area contributed by atoms with Crippen LogP contribution >= 0.6 is 0 Å². The number of benzene rings is 1. The van der Waals surface area contributed by atoms with Gasteiger partial charge in [0, 0.05) is 29.1 Å². The summed E-state index contributed by atoms with van der Waals surface area (Å²) in [6.45, 7) is 1.08. The van der Waals surface area contributed by atoms with Gasteiger partial charge in [-0.3, -0.25) is 4.79 Å². The van der Waals surface area contributed by atoms with Crippen molar-refractivity contribution >= 4 is 22.9 Å². The summed E-state index contributed by atoms with van der Waals surface area (Å²) in [5, 5.41) is 8.77. The molecule has 0 atom stereocenters. The van der Waals surface area contributed by atoms with E-state index < -0.39 is 5.97 Å². The summed E-state index contributed by atoms with van der Waals surface area (Å²) in [7, 11) is 0. The quantitative estimate of drug-likeness (QED) is 0.728. The molecular weight excluding hydrogens is 214 g/mol. The standard InChI is InChI=1S/C12H11N.C2H4O2/c1-3-7-11-9(5-1)10-6-2-4-8-12(10)13-11;1-2(3)4/h1-3,5-7,13H,4,8H2;1H3,(H,3,4). The third-order valence-corrected chi connectivity index (χ3v) is 2.67. The fourth-order valence-corrected chi connectivity index (χ4v) is 2.04. The highest BCUT2D eigenvalue weighted by atomic mass is 16.4. The fraction of sp³-hybridized carbons (Fsp3) is 0.214. The van der Waals surface area contributed by atoms with Crippen molar-refractivity contribution < 1.29 is 9.90 Å². The molecule has 0 unspecified atom stereocenters. The van der Waals surface area contributed by atoms with Crippen LogP contribution in [0.5, 0.6) is 0 Å². The zero-order chi connectivity index (χ0) is 12.3. The lowest BCUT2D eigenvalue weighted by molar-refractivity contribution is -0.134. The van der Waals surface area contributed by atoms with Crippen LogP contribution in [0.4, 0.5) is 0 Å². The van der Waals surface area contributed by atoms with E-state index in [1.54, 1.807) is 0 Å². The van der Waals surface area contributed by atoms with Crippen LogP contribution in [0.25, 0.3) is 17.0 Å². The molecule has 1 aromatic carbocycles. The zero-order valence-corrected chi connectivity index (χ0v) is 9.73. The summed E-state index contributed by atoms with van der Waals surface area (Å²) in [5.41, 5.74) is 4.05. The molecule has 3 heteroatoms. The number of carbonyl (C=O) groups is 1. The van der Waals surface area contributed by atoms with Crippen LogP contribution in [0.15, 0.2) is 30.3 Å². The Kier molecular flexibility index (Phi) is 3.28. The number of aliphatic carboxylic acids is 1. The molecule has 1 aromatic heterocycles. The van der Waals surface area contributed by atoms with E-state index in [1.165, 1.54) is 28.6 Å². The molecule has 0 bridgehead atoms. The molecule has 88 valence electrons. The minimum absolute atomic E-state index is 0.833. The molecule has 17 heavy (non-hydrogen) atoms. The van der Waals surface area contributed by atoms with E-state index in [4.69, 9.17) is 9.90 Å². The van der Waals surface area contributed by atoms with Crippen LogP contribution in [0, 0.1) is 0 Å². The minimum Gasteiger partial charge on any atom is -0.481 e. The van der Waals surface area contributed by atoms with Crippen molar-refractivity contribution in [2.75, 3.05) is 0 Å².